The van der Waals surface area contributed by atoms with Gasteiger partial charge in [-0.2, -0.15) is 0 Å². The maximum absolute atomic E-state index is 10.9. The van der Waals surface area contributed by atoms with Crippen LogP contribution in [0.4, 0.5) is 0 Å². The molecule has 11 heavy (non-hydrogen) atoms. The molecule has 0 aromatic rings. The number of halogens is 1. The van der Waals surface area contributed by atoms with Crippen LogP contribution in [0.2, 0.25) is 0 Å². The maximum Gasteiger partial charge on any atom is 0.153 e. The van der Waals surface area contributed by atoms with Crippen LogP contribution in [0.1, 0.15) is 0 Å². The standard InChI is InChI=1S/C5H11NO3S.ClH/c7-3-5-4-10(8,9)2-1-6-5;/h5-7H,1-4H2;1H/t5-;/m1./s1. The fraction of sp³-hybridized carbons (Fsp3) is 1.00. The molecule has 4 nitrogen and oxygen atoms in total. The summed E-state index contributed by atoms with van der Waals surface area (Å²) < 4.78 is 21.7. The van der Waals surface area contributed by atoms with E-state index in [0.717, 1.165) is 0 Å². The van der Waals surface area contributed by atoms with Crippen molar-refractivity contribution in [2.75, 3.05) is 24.7 Å². The molecule has 0 bridgehead atoms. The Balaban J connectivity index is 0.000001000. The second-order valence-corrected chi connectivity index (χ2v) is 4.68. The Labute approximate surface area is 72.3 Å². The summed E-state index contributed by atoms with van der Waals surface area (Å²) in [5.41, 5.74) is 0. The van der Waals surface area contributed by atoms with Gasteiger partial charge in [0.25, 0.3) is 0 Å². The van der Waals surface area contributed by atoms with E-state index in [-0.39, 0.29) is 36.6 Å². The zero-order valence-electron chi connectivity index (χ0n) is 5.99. The lowest BCUT2D eigenvalue weighted by Gasteiger charge is -2.21. The predicted molar refractivity (Wildman–Crippen MR) is 44.8 cm³/mol. The number of nitrogens with one attached hydrogen (secondary N) is 1. The molecule has 2 N–H and O–H groups in total. The molecule has 0 aromatic heterocycles. The maximum atomic E-state index is 10.9. The van der Waals surface area contributed by atoms with Crippen LogP contribution in [0.5, 0.6) is 0 Å². The third kappa shape index (κ3) is 3.37. The molecule has 1 atom stereocenters. The average Bonchev–Trinajstić information content (AvgIpc) is 1.86. The third-order valence-corrected chi connectivity index (χ3v) is 3.26. The highest BCUT2D eigenvalue weighted by Crippen LogP contribution is 1.99. The van der Waals surface area contributed by atoms with Gasteiger partial charge in [-0.3, -0.25) is 0 Å². The number of rotatable bonds is 1. The molecule has 0 amide bonds. The van der Waals surface area contributed by atoms with E-state index in [1.807, 2.05) is 0 Å². The normalized spacial score (nSPS) is 29.0. The fourth-order valence-corrected chi connectivity index (χ4v) is 2.42. The van der Waals surface area contributed by atoms with E-state index in [0.29, 0.717) is 6.54 Å². The molecule has 1 heterocycles. The van der Waals surface area contributed by atoms with E-state index in [9.17, 15) is 8.42 Å². The molecule has 6 heteroatoms. The summed E-state index contributed by atoms with van der Waals surface area (Å²) in [5.74, 6) is 0.271. The lowest BCUT2D eigenvalue weighted by atomic mass is 10.3. The van der Waals surface area contributed by atoms with Gasteiger partial charge < -0.3 is 10.4 Å². The second kappa shape index (κ2) is 4.25. The minimum Gasteiger partial charge on any atom is -0.395 e. The molecule has 1 aliphatic heterocycles. The lowest BCUT2D eigenvalue weighted by Crippen LogP contribution is -2.46. The monoisotopic (exact) mass is 201 g/mol. The number of aliphatic hydroxyl groups is 1. The highest BCUT2D eigenvalue weighted by atomic mass is 35.5. The molecular weight excluding hydrogens is 190 g/mol. The molecule has 0 unspecified atom stereocenters. The summed E-state index contributed by atoms with van der Waals surface area (Å²) in [7, 11) is -2.87. The van der Waals surface area contributed by atoms with Crippen molar-refractivity contribution in [2.45, 2.75) is 6.04 Å². The van der Waals surface area contributed by atoms with Crippen molar-refractivity contribution in [3.05, 3.63) is 0 Å². The van der Waals surface area contributed by atoms with Crippen molar-refractivity contribution in [1.29, 1.82) is 0 Å². The van der Waals surface area contributed by atoms with Gasteiger partial charge in [-0.1, -0.05) is 0 Å². The van der Waals surface area contributed by atoms with Gasteiger partial charge in [-0.05, 0) is 0 Å². The van der Waals surface area contributed by atoms with E-state index in [1.54, 1.807) is 0 Å². The molecule has 0 radical (unpaired) electrons. The van der Waals surface area contributed by atoms with Crippen molar-refractivity contribution < 1.29 is 13.5 Å². The van der Waals surface area contributed by atoms with Crippen molar-refractivity contribution in [3.8, 4) is 0 Å². The van der Waals surface area contributed by atoms with Gasteiger partial charge in [0.15, 0.2) is 9.84 Å². The molecule has 0 spiro atoms. The molecule has 1 saturated heterocycles. The van der Waals surface area contributed by atoms with Gasteiger partial charge in [0.1, 0.15) is 0 Å². The van der Waals surface area contributed by atoms with E-state index in [2.05, 4.69) is 5.32 Å². The molecule has 0 aliphatic carbocycles. The summed E-state index contributed by atoms with van der Waals surface area (Å²) in [5, 5.41) is 11.5. The lowest BCUT2D eigenvalue weighted by molar-refractivity contribution is 0.252. The van der Waals surface area contributed by atoms with E-state index in [1.165, 1.54) is 0 Å². The Hall–Kier alpha value is 0.160. The highest BCUT2D eigenvalue weighted by molar-refractivity contribution is 7.91. The Bertz CT molecular complexity index is 204. The number of hydrogen-bond donors (Lipinski definition) is 2. The first kappa shape index (κ1) is 11.2. The van der Waals surface area contributed by atoms with Crippen LogP contribution in [-0.2, 0) is 9.84 Å². The quantitative estimate of drug-likeness (QED) is 0.559. The van der Waals surface area contributed by atoms with Gasteiger partial charge in [0.05, 0.1) is 18.1 Å². The van der Waals surface area contributed by atoms with Crippen LogP contribution in [0.15, 0.2) is 0 Å². The minimum absolute atomic E-state index is 0. The summed E-state index contributed by atoms with van der Waals surface area (Å²) in [6.45, 7) is 0.368. The zero-order chi connectivity index (χ0) is 7.61. The molecule has 1 fully saturated rings. The molecule has 0 saturated carbocycles. The predicted octanol–water partition coefficient (Wildman–Crippen LogP) is -1.21. The smallest absolute Gasteiger partial charge is 0.153 e. The minimum atomic E-state index is -2.87. The van der Waals surface area contributed by atoms with E-state index < -0.39 is 9.84 Å². The third-order valence-electron chi connectivity index (χ3n) is 1.52. The van der Waals surface area contributed by atoms with Crippen LogP contribution >= 0.6 is 12.4 Å². The van der Waals surface area contributed by atoms with E-state index in [4.69, 9.17) is 5.11 Å². The Morgan fingerprint density at radius 3 is 2.55 bits per heavy atom. The average molecular weight is 202 g/mol. The van der Waals surface area contributed by atoms with Gasteiger partial charge in [-0.25, -0.2) is 8.42 Å². The Morgan fingerprint density at radius 2 is 2.18 bits per heavy atom. The topological polar surface area (TPSA) is 66.4 Å². The van der Waals surface area contributed by atoms with Crippen LogP contribution in [0.3, 0.4) is 0 Å². The second-order valence-electron chi connectivity index (χ2n) is 2.45. The largest absolute Gasteiger partial charge is 0.395 e. The molecular formula is C5H12ClNO3S. The summed E-state index contributed by atoms with van der Waals surface area (Å²) in [6.07, 6.45) is 0. The molecule has 68 valence electrons. The molecule has 1 rings (SSSR count). The summed E-state index contributed by atoms with van der Waals surface area (Å²) in [4.78, 5) is 0. The number of aliphatic hydroxyl groups excluding tert-OH is 1. The van der Waals surface area contributed by atoms with Crippen LogP contribution in [-0.4, -0.2) is 44.2 Å². The first-order valence-corrected chi connectivity index (χ1v) is 5.01. The summed E-state index contributed by atoms with van der Waals surface area (Å²) in [6, 6.07) is -0.251. The van der Waals surface area contributed by atoms with Gasteiger partial charge in [0.2, 0.25) is 0 Å². The first-order valence-electron chi connectivity index (χ1n) is 3.19. The van der Waals surface area contributed by atoms with Crippen molar-refractivity contribution in [2.24, 2.45) is 0 Å². The van der Waals surface area contributed by atoms with Crippen molar-refractivity contribution >= 4 is 22.2 Å². The van der Waals surface area contributed by atoms with Crippen LogP contribution in [0.25, 0.3) is 0 Å². The Kier molecular flexibility index (Phi) is 4.31. The molecule has 1 aliphatic rings. The van der Waals surface area contributed by atoms with Gasteiger partial charge in [0, 0.05) is 12.6 Å². The Morgan fingerprint density at radius 1 is 1.55 bits per heavy atom. The van der Waals surface area contributed by atoms with Gasteiger partial charge in [-0.15, -0.1) is 12.4 Å². The highest BCUT2D eigenvalue weighted by Gasteiger charge is 2.22. The van der Waals surface area contributed by atoms with Gasteiger partial charge >= 0.3 is 0 Å². The van der Waals surface area contributed by atoms with Crippen molar-refractivity contribution in [3.63, 3.8) is 0 Å². The van der Waals surface area contributed by atoms with Crippen molar-refractivity contribution in [1.82, 2.24) is 5.32 Å². The van der Waals surface area contributed by atoms with E-state index >= 15 is 0 Å². The molecule has 0 aromatic carbocycles. The van der Waals surface area contributed by atoms with Crippen LogP contribution in [0, 0.1) is 0 Å². The SMILES string of the molecule is Cl.O=S1(=O)CCN[C@H](CO)C1. The first-order chi connectivity index (χ1) is 4.64. The van der Waals surface area contributed by atoms with Crippen LogP contribution < -0.4 is 5.32 Å². The summed E-state index contributed by atoms with van der Waals surface area (Å²) >= 11 is 0. The number of sulfone groups is 1. The zero-order valence-corrected chi connectivity index (χ0v) is 7.62. The number of hydrogen-bond acceptors (Lipinski definition) is 4. The fourth-order valence-electron chi connectivity index (χ4n) is 0.985.